The molecule has 1 fully saturated rings. The Morgan fingerprint density at radius 1 is 1.03 bits per heavy atom. The lowest BCUT2D eigenvalue weighted by Gasteiger charge is -2.27. The molecule has 0 bridgehead atoms. The zero-order valence-corrected chi connectivity index (χ0v) is 18.0. The van der Waals surface area contributed by atoms with Crippen molar-refractivity contribution in [1.82, 2.24) is 15.5 Å². The van der Waals surface area contributed by atoms with Crippen molar-refractivity contribution in [3.63, 3.8) is 0 Å². The summed E-state index contributed by atoms with van der Waals surface area (Å²) in [5.74, 6) is 1.44. The van der Waals surface area contributed by atoms with Gasteiger partial charge >= 0.3 is 6.03 Å². The Morgan fingerprint density at radius 3 is 2.55 bits per heavy atom. The summed E-state index contributed by atoms with van der Waals surface area (Å²) in [5, 5.41) is 5.85. The summed E-state index contributed by atoms with van der Waals surface area (Å²) >= 11 is 0. The lowest BCUT2D eigenvalue weighted by atomic mass is 10.1. The second kappa shape index (κ2) is 11.8. The van der Waals surface area contributed by atoms with Gasteiger partial charge in [-0.2, -0.15) is 0 Å². The predicted molar refractivity (Wildman–Crippen MR) is 119 cm³/mol. The van der Waals surface area contributed by atoms with Crippen LogP contribution in [0.3, 0.4) is 0 Å². The van der Waals surface area contributed by atoms with Crippen LogP contribution in [0.2, 0.25) is 0 Å². The van der Waals surface area contributed by atoms with Crippen molar-refractivity contribution in [2.45, 2.75) is 31.7 Å². The highest BCUT2D eigenvalue weighted by molar-refractivity contribution is 5.77. The number of hydrogen-bond acceptors (Lipinski definition) is 4. The average molecular weight is 426 g/mol. The fraction of sp³-hybridized carbons (Fsp3) is 0.417. The van der Waals surface area contributed by atoms with E-state index in [2.05, 4.69) is 10.6 Å². The average Bonchev–Trinajstić information content (AvgIpc) is 3.01. The standard InChI is InChI=1S/C24H31N3O4/c1-30-21-12-7-8-13-22(21)31-17-15-25-24(29)26-20(19-10-4-2-5-11-19)18-27-16-9-3-6-14-23(27)28/h2,4-5,7-8,10-13,20H,3,6,9,14-18H2,1H3,(H2,25,26,29). The first-order chi connectivity index (χ1) is 15.2. The molecule has 3 rings (SSSR count). The lowest BCUT2D eigenvalue weighted by molar-refractivity contribution is -0.131. The van der Waals surface area contributed by atoms with Gasteiger partial charge in [-0.3, -0.25) is 4.79 Å². The summed E-state index contributed by atoms with van der Waals surface area (Å²) in [7, 11) is 1.59. The van der Waals surface area contributed by atoms with Gasteiger partial charge in [-0.1, -0.05) is 48.9 Å². The SMILES string of the molecule is COc1ccccc1OCCNC(=O)NC(CN1CCCCCC1=O)c1ccccc1. The molecule has 1 atom stereocenters. The Hall–Kier alpha value is -3.22. The fourth-order valence-electron chi connectivity index (χ4n) is 3.64. The van der Waals surface area contributed by atoms with E-state index in [4.69, 9.17) is 9.47 Å². The Balaban J connectivity index is 1.53. The molecule has 1 aliphatic rings. The monoisotopic (exact) mass is 425 g/mol. The van der Waals surface area contributed by atoms with Gasteiger partial charge in [0.05, 0.1) is 19.7 Å². The molecule has 166 valence electrons. The van der Waals surface area contributed by atoms with E-state index in [-0.39, 0.29) is 18.0 Å². The third kappa shape index (κ3) is 6.91. The highest BCUT2D eigenvalue weighted by Gasteiger charge is 2.23. The van der Waals surface area contributed by atoms with Crippen LogP contribution >= 0.6 is 0 Å². The number of ether oxygens (including phenoxy) is 2. The van der Waals surface area contributed by atoms with Crippen molar-refractivity contribution in [3.05, 3.63) is 60.2 Å². The topological polar surface area (TPSA) is 79.9 Å². The van der Waals surface area contributed by atoms with Crippen LogP contribution in [0.1, 0.15) is 37.3 Å². The maximum absolute atomic E-state index is 12.5. The van der Waals surface area contributed by atoms with E-state index < -0.39 is 0 Å². The number of amides is 3. The molecule has 7 heteroatoms. The molecule has 2 aromatic rings. The van der Waals surface area contributed by atoms with Crippen LogP contribution in [-0.2, 0) is 4.79 Å². The zero-order valence-electron chi connectivity index (χ0n) is 18.0. The van der Waals surface area contributed by atoms with E-state index in [1.165, 1.54) is 0 Å². The lowest BCUT2D eigenvalue weighted by Crippen LogP contribution is -2.45. The number of carbonyl (C=O) groups excluding carboxylic acids is 2. The second-order valence-corrected chi connectivity index (χ2v) is 7.51. The van der Waals surface area contributed by atoms with E-state index in [9.17, 15) is 9.59 Å². The number of para-hydroxylation sites is 2. The van der Waals surface area contributed by atoms with Crippen LogP contribution in [0, 0.1) is 0 Å². The summed E-state index contributed by atoms with van der Waals surface area (Å²) in [6.07, 6.45) is 3.58. The minimum Gasteiger partial charge on any atom is -0.493 e. The van der Waals surface area contributed by atoms with Crippen LogP contribution < -0.4 is 20.1 Å². The third-order valence-corrected chi connectivity index (χ3v) is 5.30. The molecule has 7 nitrogen and oxygen atoms in total. The molecule has 0 spiro atoms. The van der Waals surface area contributed by atoms with Gasteiger partial charge in [0.1, 0.15) is 6.61 Å². The minimum atomic E-state index is -0.292. The van der Waals surface area contributed by atoms with Crippen molar-refractivity contribution in [1.29, 1.82) is 0 Å². The number of methoxy groups -OCH3 is 1. The van der Waals surface area contributed by atoms with E-state index >= 15 is 0 Å². The number of hydrogen-bond donors (Lipinski definition) is 2. The van der Waals surface area contributed by atoms with E-state index in [1.54, 1.807) is 7.11 Å². The summed E-state index contributed by atoms with van der Waals surface area (Å²) in [4.78, 5) is 26.9. The molecule has 3 amide bonds. The largest absolute Gasteiger partial charge is 0.493 e. The quantitative estimate of drug-likeness (QED) is 0.603. The second-order valence-electron chi connectivity index (χ2n) is 7.51. The van der Waals surface area contributed by atoms with E-state index in [1.807, 2.05) is 59.5 Å². The van der Waals surface area contributed by atoms with Gasteiger partial charge in [-0.25, -0.2) is 4.79 Å². The zero-order chi connectivity index (χ0) is 21.9. The van der Waals surface area contributed by atoms with Crippen molar-refractivity contribution in [3.8, 4) is 11.5 Å². The summed E-state index contributed by atoms with van der Waals surface area (Å²) in [5.41, 5.74) is 0.972. The Morgan fingerprint density at radius 2 is 1.77 bits per heavy atom. The number of rotatable bonds is 9. The van der Waals surface area contributed by atoms with Gasteiger partial charge in [0.15, 0.2) is 11.5 Å². The van der Waals surface area contributed by atoms with Crippen molar-refractivity contribution >= 4 is 11.9 Å². The minimum absolute atomic E-state index is 0.158. The van der Waals surface area contributed by atoms with Crippen LogP contribution in [0.25, 0.3) is 0 Å². The van der Waals surface area contributed by atoms with Crippen LogP contribution in [0.5, 0.6) is 11.5 Å². The molecule has 0 aromatic heterocycles. The number of urea groups is 1. The van der Waals surface area contributed by atoms with E-state index in [0.29, 0.717) is 37.6 Å². The Bertz CT molecular complexity index is 844. The number of nitrogens with zero attached hydrogens (tertiary/aromatic N) is 1. The van der Waals surface area contributed by atoms with Gasteiger partial charge in [0.2, 0.25) is 5.91 Å². The summed E-state index contributed by atoms with van der Waals surface area (Å²) in [6, 6.07) is 16.6. The highest BCUT2D eigenvalue weighted by Crippen LogP contribution is 2.25. The summed E-state index contributed by atoms with van der Waals surface area (Å²) in [6.45, 7) is 1.86. The fourth-order valence-corrected chi connectivity index (χ4v) is 3.64. The molecular formula is C24H31N3O4. The van der Waals surface area contributed by atoms with Gasteiger partial charge in [-0.05, 0) is 30.5 Å². The van der Waals surface area contributed by atoms with Crippen molar-refractivity contribution in [2.24, 2.45) is 0 Å². The van der Waals surface area contributed by atoms with Crippen molar-refractivity contribution < 1.29 is 19.1 Å². The molecular weight excluding hydrogens is 394 g/mol. The third-order valence-electron chi connectivity index (χ3n) is 5.30. The molecule has 31 heavy (non-hydrogen) atoms. The molecule has 1 saturated heterocycles. The molecule has 1 aliphatic heterocycles. The molecule has 0 saturated carbocycles. The molecule has 2 aromatic carbocycles. The van der Waals surface area contributed by atoms with Gasteiger partial charge < -0.3 is 25.0 Å². The molecule has 1 heterocycles. The molecule has 1 unspecified atom stereocenters. The number of carbonyl (C=O) groups is 2. The van der Waals surface area contributed by atoms with Crippen LogP contribution in [0.4, 0.5) is 4.79 Å². The highest BCUT2D eigenvalue weighted by atomic mass is 16.5. The Labute approximate surface area is 183 Å². The number of likely N-dealkylation sites (tertiary alicyclic amines) is 1. The maximum Gasteiger partial charge on any atom is 0.315 e. The normalized spacial score (nSPS) is 15.0. The first-order valence-corrected chi connectivity index (χ1v) is 10.8. The Kier molecular flexibility index (Phi) is 8.58. The molecule has 2 N–H and O–H groups in total. The smallest absolute Gasteiger partial charge is 0.315 e. The number of nitrogens with one attached hydrogen (secondary N) is 2. The molecule has 0 radical (unpaired) electrons. The van der Waals surface area contributed by atoms with Gasteiger partial charge in [-0.15, -0.1) is 0 Å². The van der Waals surface area contributed by atoms with E-state index in [0.717, 1.165) is 31.4 Å². The van der Waals surface area contributed by atoms with Crippen LogP contribution in [-0.4, -0.2) is 50.2 Å². The predicted octanol–water partition coefficient (Wildman–Crippen LogP) is 3.52. The maximum atomic E-state index is 12.5. The molecule has 0 aliphatic carbocycles. The number of benzene rings is 2. The van der Waals surface area contributed by atoms with Crippen LogP contribution in [0.15, 0.2) is 54.6 Å². The van der Waals surface area contributed by atoms with Gasteiger partial charge in [0.25, 0.3) is 0 Å². The first-order valence-electron chi connectivity index (χ1n) is 10.8. The van der Waals surface area contributed by atoms with Gasteiger partial charge in [0, 0.05) is 19.5 Å². The van der Waals surface area contributed by atoms with Crippen molar-refractivity contribution in [2.75, 3.05) is 33.4 Å². The summed E-state index contributed by atoms with van der Waals surface area (Å²) < 4.78 is 11.0. The first kappa shape index (κ1) is 22.5.